The lowest BCUT2D eigenvalue weighted by molar-refractivity contribution is -0.118. The molecule has 0 unspecified atom stereocenters. The second-order valence-electron chi connectivity index (χ2n) is 10.7. The molecule has 216 valence electrons. The van der Waals surface area contributed by atoms with Crippen molar-refractivity contribution in [3.63, 3.8) is 0 Å². The van der Waals surface area contributed by atoms with Gasteiger partial charge < -0.3 is 19.1 Å². The highest BCUT2D eigenvalue weighted by Crippen LogP contribution is 2.44. The topological polar surface area (TPSA) is 81.2 Å². The first kappa shape index (κ1) is 28.5. The molecule has 0 saturated carbocycles. The van der Waals surface area contributed by atoms with Crippen molar-refractivity contribution in [3.05, 3.63) is 71.8 Å². The van der Waals surface area contributed by atoms with E-state index in [-0.39, 0.29) is 17.1 Å². The number of amides is 1. The van der Waals surface area contributed by atoms with Crippen molar-refractivity contribution in [1.29, 1.82) is 0 Å². The van der Waals surface area contributed by atoms with E-state index in [4.69, 9.17) is 14.2 Å². The van der Waals surface area contributed by atoms with Crippen LogP contribution in [0, 0.1) is 11.2 Å². The van der Waals surface area contributed by atoms with Gasteiger partial charge in [-0.3, -0.25) is 14.7 Å². The Bertz CT molecular complexity index is 1380. The van der Waals surface area contributed by atoms with E-state index in [1.54, 1.807) is 29.3 Å². The highest BCUT2D eigenvalue weighted by molar-refractivity contribution is 5.98. The van der Waals surface area contributed by atoms with Crippen LogP contribution >= 0.6 is 0 Å². The molecule has 0 atom stereocenters. The smallest absolute Gasteiger partial charge is 0.339 e. The summed E-state index contributed by atoms with van der Waals surface area (Å²) in [4.78, 5) is 33.3. The number of rotatable bonds is 9. The number of methoxy groups -OCH3 is 1. The molecule has 41 heavy (non-hydrogen) atoms. The van der Waals surface area contributed by atoms with Gasteiger partial charge in [-0.15, -0.1) is 0 Å². The van der Waals surface area contributed by atoms with E-state index in [9.17, 15) is 14.0 Å². The molecule has 0 aliphatic carbocycles. The van der Waals surface area contributed by atoms with Gasteiger partial charge >= 0.3 is 5.97 Å². The zero-order chi connectivity index (χ0) is 29.0. The van der Waals surface area contributed by atoms with Gasteiger partial charge in [0.2, 0.25) is 5.91 Å². The molecule has 2 aromatic carbocycles. The van der Waals surface area contributed by atoms with Crippen molar-refractivity contribution in [2.45, 2.75) is 39.7 Å². The fraction of sp³-hybridized carbons (Fsp3) is 0.406. The van der Waals surface area contributed by atoms with E-state index in [2.05, 4.69) is 22.0 Å². The number of carbonyl (C=O) groups excluding carboxylic acids is 2. The normalized spacial score (nSPS) is 16.7. The molecule has 2 saturated heterocycles. The van der Waals surface area contributed by atoms with Crippen LogP contribution in [-0.2, 0) is 16.1 Å². The SMILES string of the molecule is CCOc1cc(CN2CCC3(CC2)CC(=O)N(c2cncc(C(=O)OC)c2)C3)cc(OCC)c1-c1ccc(F)cc1. The van der Waals surface area contributed by atoms with Crippen LogP contribution in [0.3, 0.4) is 0 Å². The molecular formula is C32H36FN3O5. The fourth-order valence-electron chi connectivity index (χ4n) is 5.89. The highest BCUT2D eigenvalue weighted by Gasteiger charge is 2.45. The number of carbonyl (C=O) groups is 2. The van der Waals surface area contributed by atoms with Crippen molar-refractivity contribution >= 4 is 17.6 Å². The molecule has 1 spiro atoms. The first-order valence-corrected chi connectivity index (χ1v) is 14.1. The molecule has 2 aliphatic rings. The third-order valence-electron chi connectivity index (χ3n) is 7.96. The third kappa shape index (κ3) is 6.20. The molecule has 0 radical (unpaired) electrons. The number of likely N-dealkylation sites (tertiary alicyclic amines) is 1. The van der Waals surface area contributed by atoms with Crippen LogP contribution in [0.5, 0.6) is 11.5 Å². The molecule has 3 aromatic rings. The standard InChI is InChI=1S/C32H36FN3O5/c1-4-40-27-14-22(15-28(41-5-2)30(27)23-6-8-25(33)9-7-23)20-35-12-10-32(11-13-35)17-29(37)36(21-32)26-16-24(18-34-19-26)31(38)39-3/h6-9,14-16,18-19H,4-5,10-13,17,20-21H2,1-3H3. The Morgan fingerprint density at radius 2 is 1.66 bits per heavy atom. The second kappa shape index (κ2) is 12.3. The Labute approximate surface area is 240 Å². The number of halogens is 1. The average Bonchev–Trinajstić information content (AvgIpc) is 3.30. The van der Waals surface area contributed by atoms with Gasteiger partial charge in [0.15, 0.2) is 0 Å². The minimum atomic E-state index is -0.472. The predicted molar refractivity (Wildman–Crippen MR) is 154 cm³/mol. The summed E-state index contributed by atoms with van der Waals surface area (Å²) in [5, 5.41) is 0. The Kier molecular flexibility index (Phi) is 8.54. The maximum atomic E-state index is 13.6. The monoisotopic (exact) mass is 561 g/mol. The first-order chi connectivity index (χ1) is 19.8. The van der Waals surface area contributed by atoms with E-state index >= 15 is 0 Å². The van der Waals surface area contributed by atoms with Gasteiger partial charge in [-0.25, -0.2) is 9.18 Å². The van der Waals surface area contributed by atoms with E-state index in [0.717, 1.165) is 49.2 Å². The molecule has 1 aromatic heterocycles. The number of nitrogens with zero attached hydrogens (tertiary/aromatic N) is 3. The molecular weight excluding hydrogens is 525 g/mol. The average molecular weight is 562 g/mol. The summed E-state index contributed by atoms with van der Waals surface area (Å²) in [5.74, 6) is 0.727. The first-order valence-electron chi connectivity index (χ1n) is 14.1. The summed E-state index contributed by atoms with van der Waals surface area (Å²) in [6.07, 6.45) is 5.34. The van der Waals surface area contributed by atoms with E-state index < -0.39 is 5.97 Å². The lowest BCUT2D eigenvalue weighted by Crippen LogP contribution is -2.41. The van der Waals surface area contributed by atoms with Gasteiger partial charge in [0, 0.05) is 25.7 Å². The van der Waals surface area contributed by atoms with E-state index in [1.807, 2.05) is 13.8 Å². The highest BCUT2D eigenvalue weighted by atomic mass is 19.1. The van der Waals surface area contributed by atoms with Gasteiger partial charge in [0.25, 0.3) is 0 Å². The van der Waals surface area contributed by atoms with Crippen molar-refractivity contribution in [2.24, 2.45) is 5.41 Å². The van der Waals surface area contributed by atoms with Crippen LogP contribution in [0.4, 0.5) is 10.1 Å². The number of pyridine rings is 1. The number of aromatic nitrogens is 1. The lowest BCUT2D eigenvalue weighted by atomic mass is 9.77. The number of anilines is 1. The van der Waals surface area contributed by atoms with Crippen LogP contribution < -0.4 is 14.4 Å². The molecule has 8 nitrogen and oxygen atoms in total. The number of piperidine rings is 1. The van der Waals surface area contributed by atoms with Crippen LogP contribution in [0.1, 0.15) is 49.0 Å². The molecule has 0 N–H and O–H groups in total. The van der Waals surface area contributed by atoms with Crippen molar-refractivity contribution in [3.8, 4) is 22.6 Å². The van der Waals surface area contributed by atoms with Crippen LogP contribution in [0.15, 0.2) is 54.9 Å². The Hall–Kier alpha value is -3.98. The van der Waals surface area contributed by atoms with Gasteiger partial charge in [0.05, 0.1) is 43.3 Å². The summed E-state index contributed by atoms with van der Waals surface area (Å²) in [6, 6.07) is 12.2. The van der Waals surface area contributed by atoms with Crippen LogP contribution in [0.25, 0.3) is 11.1 Å². The van der Waals surface area contributed by atoms with E-state index in [1.165, 1.54) is 25.4 Å². The van der Waals surface area contributed by atoms with Crippen LogP contribution in [-0.4, -0.2) is 61.7 Å². The lowest BCUT2D eigenvalue weighted by Gasteiger charge is -2.39. The van der Waals surface area contributed by atoms with Gasteiger partial charge in [-0.1, -0.05) is 12.1 Å². The Balaban J connectivity index is 1.30. The molecule has 3 heterocycles. The molecule has 2 fully saturated rings. The minimum Gasteiger partial charge on any atom is -0.493 e. The molecule has 0 bridgehead atoms. The van der Waals surface area contributed by atoms with E-state index in [0.29, 0.717) is 48.9 Å². The number of hydrogen-bond acceptors (Lipinski definition) is 7. The Morgan fingerprint density at radius 3 is 2.27 bits per heavy atom. The molecule has 9 heteroatoms. The van der Waals surface area contributed by atoms with Gasteiger partial charge in [0.1, 0.15) is 17.3 Å². The summed E-state index contributed by atoms with van der Waals surface area (Å²) < 4.78 is 30.5. The zero-order valence-electron chi connectivity index (χ0n) is 23.8. The summed E-state index contributed by atoms with van der Waals surface area (Å²) in [5.41, 5.74) is 3.60. The van der Waals surface area contributed by atoms with Crippen molar-refractivity contribution in [1.82, 2.24) is 9.88 Å². The predicted octanol–water partition coefficient (Wildman–Crippen LogP) is 5.49. The molecule has 2 aliphatic heterocycles. The summed E-state index contributed by atoms with van der Waals surface area (Å²) in [7, 11) is 1.33. The maximum Gasteiger partial charge on any atom is 0.339 e. The number of ether oxygens (including phenoxy) is 3. The Morgan fingerprint density at radius 1 is 1.00 bits per heavy atom. The van der Waals surface area contributed by atoms with Gasteiger partial charge in [-0.05, 0) is 86.7 Å². The largest absolute Gasteiger partial charge is 0.493 e. The van der Waals surface area contributed by atoms with Gasteiger partial charge in [-0.2, -0.15) is 0 Å². The number of esters is 1. The summed E-state index contributed by atoms with van der Waals surface area (Å²) >= 11 is 0. The number of benzene rings is 2. The molecule has 1 amide bonds. The van der Waals surface area contributed by atoms with Crippen molar-refractivity contribution < 1.29 is 28.2 Å². The van der Waals surface area contributed by atoms with Crippen LogP contribution in [0.2, 0.25) is 0 Å². The number of hydrogen-bond donors (Lipinski definition) is 0. The second-order valence-corrected chi connectivity index (χ2v) is 10.7. The fourth-order valence-corrected chi connectivity index (χ4v) is 5.89. The van der Waals surface area contributed by atoms with Crippen molar-refractivity contribution in [2.75, 3.05) is 44.9 Å². The maximum absolute atomic E-state index is 13.6. The quantitative estimate of drug-likeness (QED) is 0.320. The molecule has 5 rings (SSSR count). The third-order valence-corrected chi connectivity index (χ3v) is 7.96. The zero-order valence-corrected chi connectivity index (χ0v) is 23.8. The summed E-state index contributed by atoms with van der Waals surface area (Å²) in [6.45, 7) is 7.93. The minimum absolute atomic E-state index is 0.0568.